The van der Waals surface area contributed by atoms with E-state index >= 15 is 0 Å². The van der Waals surface area contributed by atoms with E-state index < -0.39 is 12.0 Å². The number of aryl methyl sites for hydroxylation is 1. The van der Waals surface area contributed by atoms with Crippen LogP contribution in [0, 0.1) is 29.6 Å². The summed E-state index contributed by atoms with van der Waals surface area (Å²) in [5.74, 6) is -0.545. The summed E-state index contributed by atoms with van der Waals surface area (Å²) in [5.41, 5.74) is 11.7. The normalized spacial score (nSPS) is 14.1. The van der Waals surface area contributed by atoms with Crippen LogP contribution in [0.2, 0.25) is 5.02 Å². The Bertz CT molecular complexity index is 1450. The van der Waals surface area contributed by atoms with Gasteiger partial charge in [0.1, 0.15) is 6.07 Å². The van der Waals surface area contributed by atoms with Crippen LogP contribution in [0.3, 0.4) is 0 Å². The molecule has 2 aromatic heterocycles. The van der Waals surface area contributed by atoms with Crippen LogP contribution in [-0.2, 0) is 0 Å². The van der Waals surface area contributed by atoms with Crippen molar-refractivity contribution in [2.24, 2.45) is 5.41 Å². The first-order valence-corrected chi connectivity index (χ1v) is 12.7. The topological polar surface area (TPSA) is 101 Å². The van der Waals surface area contributed by atoms with E-state index in [0.717, 1.165) is 28.8 Å². The van der Waals surface area contributed by atoms with Crippen molar-refractivity contribution in [3.05, 3.63) is 82.4 Å². The van der Waals surface area contributed by atoms with Gasteiger partial charge in [-0.3, -0.25) is 9.99 Å². The predicted octanol–water partition coefficient (Wildman–Crippen LogP) is 6.30. The molecule has 8 nitrogen and oxygen atoms in total. The summed E-state index contributed by atoms with van der Waals surface area (Å²) in [6.45, 7) is 14.9. The fourth-order valence-electron chi connectivity index (χ4n) is 4.12. The molecule has 0 fully saturated rings. The molecule has 0 aliphatic carbocycles. The number of benzene rings is 1. The van der Waals surface area contributed by atoms with Crippen molar-refractivity contribution in [3.63, 3.8) is 0 Å². The maximum Gasteiger partial charge on any atom is 0.213 e. The Morgan fingerprint density at radius 3 is 2.74 bits per heavy atom. The minimum atomic E-state index is -0.545. The molecule has 0 unspecified atom stereocenters. The molecule has 3 aromatic rings. The molecule has 1 atom stereocenters. The molecule has 0 saturated heterocycles. The Labute approximate surface area is 227 Å². The summed E-state index contributed by atoms with van der Waals surface area (Å²) in [4.78, 5) is 8.49. The molecular weight excluding hydrogens is 503 g/mol. The second-order valence-corrected chi connectivity index (χ2v) is 10.8. The number of hydrogen-bond donors (Lipinski definition) is 4. The third-order valence-corrected chi connectivity index (χ3v) is 6.49. The fourth-order valence-corrected chi connectivity index (χ4v) is 4.39. The van der Waals surface area contributed by atoms with Crippen LogP contribution in [0.15, 0.2) is 54.6 Å². The number of fused-ring (bicyclic) bond motifs is 1. The van der Waals surface area contributed by atoms with Crippen LogP contribution in [0.4, 0.5) is 15.8 Å². The summed E-state index contributed by atoms with van der Waals surface area (Å²) in [5, 5.41) is 19.7. The first-order valence-electron chi connectivity index (χ1n) is 12.4. The number of nitrogens with zero attached hydrogens (tertiary/aromatic N) is 4. The van der Waals surface area contributed by atoms with Crippen LogP contribution in [0.1, 0.15) is 57.0 Å². The van der Waals surface area contributed by atoms with Crippen molar-refractivity contribution in [3.8, 4) is 6.07 Å². The first-order chi connectivity index (χ1) is 18.0. The van der Waals surface area contributed by atoms with E-state index in [1.807, 2.05) is 19.2 Å². The zero-order valence-corrected chi connectivity index (χ0v) is 23.0. The van der Waals surface area contributed by atoms with Crippen LogP contribution >= 0.6 is 11.6 Å². The van der Waals surface area contributed by atoms with Crippen LogP contribution < -0.4 is 21.6 Å². The number of rotatable bonds is 8. The molecule has 0 bridgehead atoms. The number of halogens is 2. The van der Waals surface area contributed by atoms with E-state index in [9.17, 15) is 9.65 Å². The fraction of sp³-hybridized carbons (Fsp3) is 0.321. The zero-order valence-electron chi connectivity index (χ0n) is 22.2. The van der Waals surface area contributed by atoms with Gasteiger partial charge in [-0.1, -0.05) is 51.9 Å². The largest absolute Gasteiger partial charge is 0.383 e. The summed E-state index contributed by atoms with van der Waals surface area (Å²) in [7, 11) is 0. The molecule has 1 aromatic carbocycles. The number of pyridine rings is 2. The van der Waals surface area contributed by atoms with E-state index in [4.69, 9.17) is 11.6 Å². The molecule has 4 rings (SSSR count). The van der Waals surface area contributed by atoms with Gasteiger partial charge in [0.25, 0.3) is 0 Å². The number of hydrazine groups is 2. The monoisotopic (exact) mass is 534 g/mol. The summed E-state index contributed by atoms with van der Waals surface area (Å²) in [6.07, 6.45) is 4.20. The lowest BCUT2D eigenvalue weighted by molar-refractivity contribution is 0.327. The average molecular weight is 535 g/mol. The number of nitrogens with one attached hydrogen (secondary N) is 4. The van der Waals surface area contributed by atoms with Gasteiger partial charge in [-0.25, -0.2) is 4.98 Å². The smallest absolute Gasteiger partial charge is 0.213 e. The SMILES string of the molecule is C=C(CC)N1C=C([C@@H](Nc2cc(Cl)c3ncc(C#N)c(NCC(C)(C)C)c3c2)c2ccc(F)nc2C)NN1. The minimum Gasteiger partial charge on any atom is -0.383 e. The number of allylic oxidation sites excluding steroid dienone is 1. The summed E-state index contributed by atoms with van der Waals surface area (Å²) < 4.78 is 13.9. The Hall–Kier alpha value is -3.87. The van der Waals surface area contributed by atoms with Gasteiger partial charge in [-0.05, 0) is 37.0 Å². The van der Waals surface area contributed by atoms with E-state index in [-0.39, 0.29) is 5.41 Å². The third-order valence-electron chi connectivity index (χ3n) is 6.20. The van der Waals surface area contributed by atoms with Gasteiger partial charge >= 0.3 is 0 Å². The van der Waals surface area contributed by atoms with E-state index in [0.29, 0.717) is 39.7 Å². The van der Waals surface area contributed by atoms with Gasteiger partial charge in [0, 0.05) is 47.0 Å². The quantitative estimate of drug-likeness (QED) is 0.250. The van der Waals surface area contributed by atoms with Crippen LogP contribution in [0.5, 0.6) is 0 Å². The molecule has 0 radical (unpaired) electrons. The first kappa shape index (κ1) is 27.2. The Morgan fingerprint density at radius 1 is 1.32 bits per heavy atom. The number of hydrogen-bond acceptors (Lipinski definition) is 8. The zero-order chi connectivity index (χ0) is 27.6. The third kappa shape index (κ3) is 5.82. The molecule has 198 valence electrons. The second kappa shape index (κ2) is 10.9. The molecule has 0 spiro atoms. The molecule has 4 N–H and O–H groups in total. The molecule has 10 heteroatoms. The Balaban J connectivity index is 1.81. The van der Waals surface area contributed by atoms with Crippen LogP contribution in [-0.4, -0.2) is 21.5 Å². The van der Waals surface area contributed by atoms with Gasteiger partial charge in [0.15, 0.2) is 0 Å². The number of aromatic nitrogens is 2. The van der Waals surface area contributed by atoms with E-state index in [1.165, 1.54) is 12.3 Å². The minimum absolute atomic E-state index is 0.0117. The second-order valence-electron chi connectivity index (χ2n) is 10.4. The highest BCUT2D eigenvalue weighted by Gasteiger charge is 2.26. The van der Waals surface area contributed by atoms with Gasteiger partial charge in [0.2, 0.25) is 5.95 Å². The molecular formula is C28H32ClFN8. The standard InChI is InChI=1S/C28H32ClFN8/c1-7-16(2)38-14-23(36-37-38)27(20-8-9-24(30)34-17(20)3)35-19-10-21-25(33-15-28(4,5)6)18(12-31)13-32-26(21)22(29)11-19/h8-11,13-14,27,35-37H,2,7,15H2,1,3-6H3,(H,32,33)/t27-/m0/s1. The van der Waals surface area contributed by atoms with Crippen molar-refractivity contribution < 1.29 is 4.39 Å². The van der Waals surface area contributed by atoms with Crippen molar-refractivity contribution in [1.82, 2.24) is 25.9 Å². The van der Waals surface area contributed by atoms with Gasteiger partial charge in [-0.2, -0.15) is 9.65 Å². The highest BCUT2D eigenvalue weighted by Crippen LogP contribution is 2.36. The average Bonchev–Trinajstić information content (AvgIpc) is 3.35. The number of anilines is 2. The van der Waals surface area contributed by atoms with E-state index in [1.54, 1.807) is 24.1 Å². The van der Waals surface area contributed by atoms with Crippen LogP contribution in [0.25, 0.3) is 10.9 Å². The van der Waals surface area contributed by atoms with Gasteiger partial charge in [0.05, 0.1) is 33.5 Å². The van der Waals surface area contributed by atoms with Gasteiger partial charge < -0.3 is 16.1 Å². The summed E-state index contributed by atoms with van der Waals surface area (Å²) in [6, 6.07) is 8.57. The van der Waals surface area contributed by atoms with Crippen molar-refractivity contribution >= 4 is 33.9 Å². The molecule has 3 heterocycles. The Morgan fingerprint density at radius 2 is 2.08 bits per heavy atom. The van der Waals surface area contributed by atoms with Gasteiger partial charge in [-0.15, -0.1) is 5.53 Å². The van der Waals surface area contributed by atoms with Crippen molar-refractivity contribution in [2.45, 2.75) is 47.1 Å². The molecule has 1 aliphatic rings. The highest BCUT2D eigenvalue weighted by atomic mass is 35.5. The molecule has 38 heavy (non-hydrogen) atoms. The predicted molar refractivity (Wildman–Crippen MR) is 150 cm³/mol. The maximum absolute atomic E-state index is 13.9. The van der Waals surface area contributed by atoms with E-state index in [2.05, 4.69) is 65.0 Å². The lowest BCUT2D eigenvalue weighted by Crippen LogP contribution is -2.36. The molecule has 0 amide bonds. The lowest BCUT2D eigenvalue weighted by atomic mass is 9.96. The highest BCUT2D eigenvalue weighted by molar-refractivity contribution is 6.35. The van der Waals surface area contributed by atoms with Crippen molar-refractivity contribution in [2.75, 3.05) is 17.2 Å². The summed E-state index contributed by atoms with van der Waals surface area (Å²) >= 11 is 6.71. The Kier molecular flexibility index (Phi) is 7.76. The lowest BCUT2D eigenvalue weighted by Gasteiger charge is -2.24. The number of nitriles is 1. The molecule has 0 saturated carbocycles. The van der Waals surface area contributed by atoms with Crippen molar-refractivity contribution in [1.29, 1.82) is 5.26 Å². The maximum atomic E-state index is 13.9. The molecule has 1 aliphatic heterocycles.